The van der Waals surface area contributed by atoms with Crippen LogP contribution in [0.3, 0.4) is 0 Å². The number of phenols is 1. The average Bonchev–Trinajstić information content (AvgIpc) is 3.01. The largest absolute Gasteiger partial charge is 0.508 e. The Bertz CT molecular complexity index is 582. The molecular formula is C15H21NO3S. The van der Waals surface area contributed by atoms with Crippen molar-refractivity contribution in [2.45, 2.75) is 30.6 Å². The van der Waals surface area contributed by atoms with E-state index in [4.69, 9.17) is 0 Å². The van der Waals surface area contributed by atoms with E-state index in [1.54, 1.807) is 7.05 Å². The van der Waals surface area contributed by atoms with Crippen molar-refractivity contribution < 1.29 is 13.5 Å². The molecule has 4 nitrogen and oxygen atoms in total. The Morgan fingerprint density at radius 3 is 2.45 bits per heavy atom. The first-order valence-corrected chi connectivity index (χ1v) is 8.66. The fourth-order valence-electron chi connectivity index (χ4n) is 3.83. The van der Waals surface area contributed by atoms with Crippen molar-refractivity contribution in [3.8, 4) is 5.75 Å². The second kappa shape index (κ2) is 5.04. The summed E-state index contributed by atoms with van der Waals surface area (Å²) in [5.74, 6) is 2.15. The van der Waals surface area contributed by atoms with Crippen LogP contribution in [-0.2, 0) is 10.0 Å². The van der Waals surface area contributed by atoms with E-state index in [0.717, 1.165) is 11.8 Å². The predicted octanol–water partition coefficient (Wildman–Crippen LogP) is 2.45. The zero-order valence-corrected chi connectivity index (χ0v) is 12.5. The maximum Gasteiger partial charge on any atom is 0.242 e. The number of rotatable bonds is 4. The quantitative estimate of drug-likeness (QED) is 0.928. The summed E-state index contributed by atoms with van der Waals surface area (Å²) in [6.07, 6.45) is 5.07. The molecule has 2 saturated carbocycles. The van der Waals surface area contributed by atoms with E-state index in [2.05, 4.69) is 0 Å². The molecule has 1 aromatic carbocycles. The third-order valence-corrected chi connectivity index (χ3v) is 6.76. The van der Waals surface area contributed by atoms with Gasteiger partial charge in [0.25, 0.3) is 0 Å². The summed E-state index contributed by atoms with van der Waals surface area (Å²) in [7, 11) is -1.78. The Balaban J connectivity index is 1.72. The second-order valence-corrected chi connectivity index (χ2v) is 8.26. The fraction of sp³-hybridized carbons (Fsp3) is 0.600. The molecule has 2 aliphatic carbocycles. The first-order chi connectivity index (χ1) is 9.46. The summed E-state index contributed by atoms with van der Waals surface area (Å²) >= 11 is 0. The van der Waals surface area contributed by atoms with Gasteiger partial charge in [-0.2, -0.15) is 0 Å². The van der Waals surface area contributed by atoms with E-state index in [-0.39, 0.29) is 10.6 Å². The van der Waals surface area contributed by atoms with Gasteiger partial charge in [0.1, 0.15) is 5.75 Å². The summed E-state index contributed by atoms with van der Waals surface area (Å²) in [6.45, 7) is 0.615. The number of phenolic OH excluding ortho intramolecular Hbond substituents is 1. The molecular weight excluding hydrogens is 274 g/mol. The van der Waals surface area contributed by atoms with Gasteiger partial charge in [0.15, 0.2) is 0 Å². The van der Waals surface area contributed by atoms with Crippen LogP contribution in [0.1, 0.15) is 25.7 Å². The predicted molar refractivity (Wildman–Crippen MR) is 76.9 cm³/mol. The van der Waals surface area contributed by atoms with Crippen LogP contribution in [0, 0.1) is 17.8 Å². The van der Waals surface area contributed by atoms with E-state index in [9.17, 15) is 13.5 Å². The minimum atomic E-state index is -3.44. The summed E-state index contributed by atoms with van der Waals surface area (Å²) in [6, 6.07) is 5.75. The Hall–Kier alpha value is -1.07. The van der Waals surface area contributed by atoms with Crippen LogP contribution < -0.4 is 0 Å². The van der Waals surface area contributed by atoms with Crippen LogP contribution in [0.2, 0.25) is 0 Å². The van der Waals surface area contributed by atoms with Crippen LogP contribution in [0.5, 0.6) is 5.75 Å². The lowest BCUT2D eigenvalue weighted by Gasteiger charge is -2.26. The van der Waals surface area contributed by atoms with Gasteiger partial charge >= 0.3 is 0 Å². The molecule has 3 atom stereocenters. The molecule has 3 rings (SSSR count). The monoisotopic (exact) mass is 295 g/mol. The summed E-state index contributed by atoms with van der Waals surface area (Å²) in [5.41, 5.74) is 0. The van der Waals surface area contributed by atoms with Gasteiger partial charge in [-0.3, -0.25) is 0 Å². The molecule has 0 heterocycles. The van der Waals surface area contributed by atoms with Gasteiger partial charge in [0.05, 0.1) is 4.90 Å². The topological polar surface area (TPSA) is 57.6 Å². The number of aromatic hydroxyl groups is 1. The second-order valence-electron chi connectivity index (χ2n) is 6.21. The van der Waals surface area contributed by atoms with Crippen molar-refractivity contribution in [3.05, 3.63) is 24.3 Å². The minimum absolute atomic E-state index is 0.0831. The lowest BCUT2D eigenvalue weighted by molar-refractivity contribution is 0.280. The number of benzene rings is 1. The summed E-state index contributed by atoms with van der Waals surface area (Å²) < 4.78 is 26.4. The third kappa shape index (κ3) is 2.44. The van der Waals surface area contributed by atoms with Crippen molar-refractivity contribution in [2.24, 2.45) is 17.8 Å². The van der Waals surface area contributed by atoms with Crippen LogP contribution in [-0.4, -0.2) is 31.4 Å². The van der Waals surface area contributed by atoms with Gasteiger partial charge < -0.3 is 5.11 Å². The molecule has 2 fully saturated rings. The Labute approximate surface area is 120 Å². The van der Waals surface area contributed by atoms with Crippen LogP contribution >= 0.6 is 0 Å². The van der Waals surface area contributed by atoms with Crippen LogP contribution in [0.25, 0.3) is 0 Å². The van der Waals surface area contributed by atoms with E-state index >= 15 is 0 Å². The van der Waals surface area contributed by atoms with Gasteiger partial charge in [-0.15, -0.1) is 0 Å². The van der Waals surface area contributed by atoms with Crippen LogP contribution in [0.15, 0.2) is 29.2 Å². The number of sulfonamides is 1. The molecule has 20 heavy (non-hydrogen) atoms. The highest BCUT2D eigenvalue weighted by Crippen LogP contribution is 2.48. The van der Waals surface area contributed by atoms with E-state index in [0.29, 0.717) is 12.5 Å². The lowest BCUT2D eigenvalue weighted by Crippen LogP contribution is -2.33. The molecule has 3 unspecified atom stereocenters. The number of nitrogens with zero attached hydrogens (tertiary/aromatic N) is 1. The maximum absolute atomic E-state index is 12.5. The highest BCUT2D eigenvalue weighted by Gasteiger charge is 2.40. The first kappa shape index (κ1) is 13.9. The van der Waals surface area contributed by atoms with Crippen molar-refractivity contribution in [1.82, 2.24) is 4.31 Å². The van der Waals surface area contributed by atoms with Crippen molar-refractivity contribution in [2.75, 3.05) is 13.6 Å². The molecule has 110 valence electrons. The van der Waals surface area contributed by atoms with Gasteiger partial charge in [0, 0.05) is 13.6 Å². The number of fused-ring (bicyclic) bond motifs is 2. The fourth-order valence-corrected chi connectivity index (χ4v) is 5.05. The van der Waals surface area contributed by atoms with Gasteiger partial charge in [0.2, 0.25) is 10.0 Å². The average molecular weight is 295 g/mol. The van der Waals surface area contributed by atoms with Crippen molar-refractivity contribution >= 4 is 10.0 Å². The highest BCUT2D eigenvalue weighted by atomic mass is 32.2. The molecule has 0 amide bonds. The zero-order chi connectivity index (χ0) is 14.3. The zero-order valence-electron chi connectivity index (χ0n) is 11.7. The molecule has 2 aliphatic rings. The van der Waals surface area contributed by atoms with E-state index in [1.165, 1.54) is 54.3 Å². The minimum Gasteiger partial charge on any atom is -0.508 e. The summed E-state index contributed by atoms with van der Waals surface area (Å²) in [4.78, 5) is 0.251. The molecule has 0 aliphatic heterocycles. The Morgan fingerprint density at radius 1 is 1.20 bits per heavy atom. The standard InChI is InChI=1S/C15H21NO3S/c1-16(10-13-9-11-2-3-12(13)8-11)20(18,19)15-6-4-14(17)5-7-15/h4-7,11-13,17H,2-3,8-10H2,1H3. The molecule has 0 saturated heterocycles. The summed E-state index contributed by atoms with van der Waals surface area (Å²) in [5, 5.41) is 9.25. The van der Waals surface area contributed by atoms with E-state index in [1.807, 2.05) is 0 Å². The molecule has 0 aromatic heterocycles. The molecule has 0 spiro atoms. The van der Waals surface area contributed by atoms with Gasteiger partial charge in [-0.1, -0.05) is 6.42 Å². The van der Waals surface area contributed by atoms with E-state index < -0.39 is 10.0 Å². The maximum atomic E-state index is 12.5. The Morgan fingerprint density at radius 2 is 1.90 bits per heavy atom. The SMILES string of the molecule is CN(CC1CC2CCC1C2)S(=O)(=O)c1ccc(O)cc1. The molecule has 1 aromatic rings. The molecule has 5 heteroatoms. The van der Waals surface area contributed by atoms with Gasteiger partial charge in [-0.05, 0) is 61.3 Å². The van der Waals surface area contributed by atoms with Crippen molar-refractivity contribution in [1.29, 1.82) is 0 Å². The number of hydrogen-bond acceptors (Lipinski definition) is 3. The van der Waals surface area contributed by atoms with Gasteiger partial charge in [-0.25, -0.2) is 12.7 Å². The Kier molecular flexibility index (Phi) is 3.50. The van der Waals surface area contributed by atoms with Crippen LogP contribution in [0.4, 0.5) is 0 Å². The number of hydrogen-bond donors (Lipinski definition) is 1. The lowest BCUT2D eigenvalue weighted by atomic mass is 9.89. The highest BCUT2D eigenvalue weighted by molar-refractivity contribution is 7.89. The smallest absolute Gasteiger partial charge is 0.242 e. The molecule has 1 N–H and O–H groups in total. The molecule has 2 bridgehead atoms. The molecule has 0 radical (unpaired) electrons. The van der Waals surface area contributed by atoms with Crippen molar-refractivity contribution in [3.63, 3.8) is 0 Å². The normalized spacial score (nSPS) is 29.2. The first-order valence-electron chi connectivity index (χ1n) is 7.22. The third-order valence-electron chi connectivity index (χ3n) is 4.92.